The average molecular weight is 459 g/mol. The van der Waals surface area contributed by atoms with Gasteiger partial charge in [0.05, 0.1) is 14.2 Å². The van der Waals surface area contributed by atoms with E-state index in [-0.39, 0.29) is 0 Å². The van der Waals surface area contributed by atoms with Crippen molar-refractivity contribution in [2.75, 3.05) is 14.2 Å². The Balaban J connectivity index is 1.87. The number of fused-ring (bicyclic) bond motifs is 2. The molecule has 4 aromatic rings. The van der Waals surface area contributed by atoms with Crippen LogP contribution in [0.4, 0.5) is 0 Å². The van der Waals surface area contributed by atoms with Crippen molar-refractivity contribution in [3.63, 3.8) is 0 Å². The lowest BCUT2D eigenvalue weighted by atomic mass is 9.96. The normalized spacial score (nSPS) is 14.9. The highest BCUT2D eigenvalue weighted by Gasteiger charge is 2.49. The van der Waals surface area contributed by atoms with Gasteiger partial charge in [0.1, 0.15) is 9.49 Å². The number of methoxy groups -OCH3 is 2. The topological polar surface area (TPSA) is 52.6 Å². The molecular weight excluding hydrogens is 432 g/mol. The highest BCUT2D eigenvalue weighted by atomic mass is 32.2. The van der Waals surface area contributed by atoms with Gasteiger partial charge in [-0.15, -0.1) is 11.8 Å². The summed E-state index contributed by atoms with van der Waals surface area (Å²) in [5.74, 6) is -0.864. The van der Waals surface area contributed by atoms with E-state index in [1.165, 1.54) is 26.0 Å². The first-order valence-corrected chi connectivity index (χ1v) is 11.5. The summed E-state index contributed by atoms with van der Waals surface area (Å²) >= 11 is 1.23. The average Bonchev–Trinajstić information content (AvgIpc) is 2.86. The summed E-state index contributed by atoms with van der Waals surface area (Å²) in [4.78, 5) is 26.4. The van der Waals surface area contributed by atoms with Crippen molar-refractivity contribution in [1.82, 2.24) is 0 Å². The summed E-state index contributed by atoms with van der Waals surface area (Å²) in [6, 6.07) is 27.7. The summed E-state index contributed by atoms with van der Waals surface area (Å²) < 4.78 is 8.15. The highest BCUT2D eigenvalue weighted by Crippen LogP contribution is 2.51. The van der Waals surface area contributed by atoms with Crippen LogP contribution in [0.25, 0.3) is 21.5 Å². The number of esters is 2. The van der Waals surface area contributed by atoms with Crippen LogP contribution in [0.1, 0.15) is 25.0 Å². The number of hydrogen-bond acceptors (Lipinski definition) is 5. The molecule has 0 aliphatic heterocycles. The standard InChI is InChI=1S/C28H26O4S/c1-27(25(29)31-3,23-15-13-19-9-5-7-11-21(19)17-23)33-28(2,26(30)32-4)24-16-14-20-10-6-8-12-22(20)18-24/h5-18H,1-4H3. The second-order valence-corrected chi connectivity index (χ2v) is 10.1. The maximum Gasteiger partial charge on any atom is 0.326 e. The van der Waals surface area contributed by atoms with Crippen LogP contribution in [0.15, 0.2) is 84.9 Å². The summed E-state index contributed by atoms with van der Waals surface area (Å²) in [6.45, 7) is 3.60. The van der Waals surface area contributed by atoms with Crippen molar-refractivity contribution in [3.05, 3.63) is 96.1 Å². The lowest BCUT2D eigenvalue weighted by molar-refractivity contribution is -0.143. The number of rotatable bonds is 6. The van der Waals surface area contributed by atoms with Gasteiger partial charge < -0.3 is 9.47 Å². The minimum atomic E-state index is -1.16. The van der Waals surface area contributed by atoms with Crippen LogP contribution >= 0.6 is 11.8 Å². The Bertz CT molecular complexity index is 1240. The first kappa shape index (κ1) is 22.9. The summed E-state index contributed by atoms with van der Waals surface area (Å²) in [6.07, 6.45) is 0. The maximum absolute atomic E-state index is 13.2. The van der Waals surface area contributed by atoms with E-state index >= 15 is 0 Å². The maximum atomic E-state index is 13.2. The molecule has 0 saturated carbocycles. The fourth-order valence-electron chi connectivity index (χ4n) is 4.21. The number of ether oxygens (including phenoxy) is 2. The Morgan fingerprint density at radius 3 is 1.33 bits per heavy atom. The van der Waals surface area contributed by atoms with Gasteiger partial charge in [-0.05, 0) is 58.7 Å². The van der Waals surface area contributed by atoms with Crippen LogP contribution in [0.5, 0.6) is 0 Å². The van der Waals surface area contributed by atoms with E-state index in [1.54, 1.807) is 13.8 Å². The van der Waals surface area contributed by atoms with E-state index in [0.717, 1.165) is 32.7 Å². The van der Waals surface area contributed by atoms with Gasteiger partial charge in [-0.1, -0.05) is 72.8 Å². The molecule has 0 aromatic heterocycles. The van der Waals surface area contributed by atoms with Crippen molar-refractivity contribution < 1.29 is 19.1 Å². The summed E-state index contributed by atoms with van der Waals surface area (Å²) in [7, 11) is 2.74. The van der Waals surface area contributed by atoms with Crippen LogP contribution in [0.3, 0.4) is 0 Å². The minimum absolute atomic E-state index is 0.432. The van der Waals surface area contributed by atoms with Crippen LogP contribution in [0.2, 0.25) is 0 Å². The van der Waals surface area contributed by atoms with E-state index in [1.807, 2.05) is 84.9 Å². The van der Waals surface area contributed by atoms with Gasteiger partial charge in [-0.2, -0.15) is 0 Å². The molecule has 0 aliphatic rings. The van der Waals surface area contributed by atoms with Crippen molar-refractivity contribution in [3.8, 4) is 0 Å². The molecule has 0 heterocycles. The van der Waals surface area contributed by atoms with E-state index < -0.39 is 21.4 Å². The number of hydrogen-bond donors (Lipinski definition) is 0. The quantitative estimate of drug-likeness (QED) is 0.322. The van der Waals surface area contributed by atoms with Crippen LogP contribution in [-0.4, -0.2) is 26.2 Å². The van der Waals surface area contributed by atoms with E-state index in [9.17, 15) is 9.59 Å². The predicted molar refractivity (Wildman–Crippen MR) is 134 cm³/mol. The Hall–Kier alpha value is -3.31. The molecule has 0 N–H and O–H groups in total. The third-order valence-corrected chi connectivity index (χ3v) is 7.78. The molecule has 4 nitrogen and oxygen atoms in total. The molecule has 2 atom stereocenters. The van der Waals surface area contributed by atoms with Gasteiger partial charge in [0, 0.05) is 0 Å². The van der Waals surface area contributed by atoms with Crippen LogP contribution in [0, 0.1) is 0 Å². The lowest BCUT2D eigenvalue weighted by Crippen LogP contribution is -2.40. The van der Waals surface area contributed by atoms with Gasteiger partial charge in [-0.25, -0.2) is 0 Å². The molecule has 0 saturated heterocycles. The Morgan fingerprint density at radius 1 is 0.606 bits per heavy atom. The van der Waals surface area contributed by atoms with Crippen LogP contribution < -0.4 is 0 Å². The van der Waals surface area contributed by atoms with E-state index in [0.29, 0.717) is 0 Å². The second-order valence-electron chi connectivity index (χ2n) is 8.28. The Morgan fingerprint density at radius 2 is 0.970 bits per heavy atom. The first-order chi connectivity index (χ1) is 15.8. The Labute approximate surface area is 197 Å². The number of benzene rings is 4. The largest absolute Gasteiger partial charge is 0.468 e. The monoisotopic (exact) mass is 458 g/mol. The molecule has 0 aliphatic carbocycles. The molecular formula is C28H26O4S. The molecule has 4 rings (SSSR count). The smallest absolute Gasteiger partial charge is 0.326 e. The predicted octanol–water partition coefficient (Wildman–Crippen LogP) is 6.20. The molecule has 2 unspecified atom stereocenters. The SMILES string of the molecule is COC(=O)C(C)(SC(C)(C(=O)OC)c1ccc2ccccc2c1)c1ccc2ccccc2c1. The zero-order valence-corrected chi connectivity index (χ0v) is 19.9. The number of thioether (sulfide) groups is 1. The summed E-state index contributed by atoms with van der Waals surface area (Å²) in [5, 5.41) is 4.17. The zero-order valence-electron chi connectivity index (χ0n) is 19.1. The van der Waals surface area contributed by atoms with Gasteiger partial charge in [-0.3, -0.25) is 9.59 Å². The molecule has 168 valence electrons. The minimum Gasteiger partial charge on any atom is -0.468 e. The van der Waals surface area contributed by atoms with Crippen molar-refractivity contribution in [2.24, 2.45) is 0 Å². The molecule has 0 fully saturated rings. The van der Waals surface area contributed by atoms with E-state index in [2.05, 4.69) is 0 Å². The fraction of sp³-hybridized carbons (Fsp3) is 0.214. The van der Waals surface area contributed by atoms with Gasteiger partial charge in [0.15, 0.2) is 0 Å². The van der Waals surface area contributed by atoms with Crippen molar-refractivity contribution in [2.45, 2.75) is 23.3 Å². The van der Waals surface area contributed by atoms with Gasteiger partial charge in [0.25, 0.3) is 0 Å². The van der Waals surface area contributed by atoms with Gasteiger partial charge >= 0.3 is 11.9 Å². The fourth-order valence-corrected chi connectivity index (χ4v) is 5.85. The molecule has 33 heavy (non-hydrogen) atoms. The lowest BCUT2D eigenvalue weighted by Gasteiger charge is -2.36. The molecule has 5 heteroatoms. The Kier molecular flexibility index (Phi) is 6.17. The molecule has 0 radical (unpaired) electrons. The van der Waals surface area contributed by atoms with Crippen molar-refractivity contribution >= 4 is 45.2 Å². The number of carbonyl (C=O) groups excluding carboxylic acids is 2. The zero-order chi connectivity index (χ0) is 23.6. The first-order valence-electron chi connectivity index (χ1n) is 10.7. The number of carbonyl (C=O) groups is 2. The molecule has 0 bridgehead atoms. The van der Waals surface area contributed by atoms with E-state index in [4.69, 9.17) is 9.47 Å². The molecule has 0 spiro atoms. The summed E-state index contributed by atoms with van der Waals surface area (Å²) in [5.41, 5.74) is 1.52. The third-order valence-electron chi connectivity index (χ3n) is 6.16. The van der Waals surface area contributed by atoms with Gasteiger partial charge in [0.2, 0.25) is 0 Å². The second kappa shape index (κ2) is 8.91. The van der Waals surface area contributed by atoms with Crippen molar-refractivity contribution in [1.29, 1.82) is 0 Å². The highest BCUT2D eigenvalue weighted by molar-refractivity contribution is 8.02. The molecule has 0 amide bonds. The third kappa shape index (κ3) is 4.09. The molecule has 4 aromatic carbocycles. The van der Waals surface area contributed by atoms with Crippen LogP contribution in [-0.2, 0) is 28.6 Å².